The van der Waals surface area contributed by atoms with Crippen LogP contribution in [-0.4, -0.2) is 44.7 Å². The Balaban J connectivity index is 2.89. The number of hydrogen-bond acceptors (Lipinski definition) is 6. The van der Waals surface area contributed by atoms with Gasteiger partial charge in [0, 0.05) is 19.1 Å². The van der Waals surface area contributed by atoms with Crippen molar-refractivity contribution in [2.24, 2.45) is 7.05 Å². The van der Waals surface area contributed by atoms with E-state index >= 15 is 0 Å². The molecular formula is C9H19N5O4S2. The van der Waals surface area contributed by atoms with Gasteiger partial charge in [0.2, 0.25) is 10.0 Å². The summed E-state index contributed by atoms with van der Waals surface area (Å²) < 4.78 is 52.5. The zero-order chi connectivity index (χ0) is 15.8. The number of nitrogen functional groups attached to an aromatic ring is 1. The van der Waals surface area contributed by atoms with Crippen molar-refractivity contribution in [1.29, 1.82) is 0 Å². The minimum absolute atomic E-state index is 0.117. The number of sulfonamides is 2. The van der Waals surface area contributed by atoms with Crippen LogP contribution in [-0.2, 0) is 27.1 Å². The number of nitrogens with zero attached hydrogens (tertiary/aromatic N) is 2. The first-order valence-electron chi connectivity index (χ1n) is 5.59. The van der Waals surface area contributed by atoms with E-state index in [1.165, 1.54) is 17.9 Å². The second-order valence-corrected chi connectivity index (χ2v) is 8.56. The first-order valence-corrected chi connectivity index (χ1v) is 8.97. The van der Waals surface area contributed by atoms with Crippen LogP contribution in [0.4, 0.5) is 5.82 Å². The molecule has 0 fully saturated rings. The summed E-state index contributed by atoms with van der Waals surface area (Å²) in [6, 6.07) is 0. The van der Waals surface area contributed by atoms with Gasteiger partial charge in [-0.05, 0) is 13.8 Å². The van der Waals surface area contributed by atoms with Gasteiger partial charge in [-0.2, -0.15) is 0 Å². The zero-order valence-corrected chi connectivity index (χ0v) is 13.3. The molecule has 0 radical (unpaired) electrons. The summed E-state index contributed by atoms with van der Waals surface area (Å²) in [5, 5.41) is -0.160. The fourth-order valence-corrected chi connectivity index (χ4v) is 4.16. The molecule has 0 spiro atoms. The minimum atomic E-state index is -3.88. The molecule has 9 nitrogen and oxygen atoms in total. The predicted molar refractivity (Wildman–Crippen MR) is 74.9 cm³/mol. The summed E-state index contributed by atoms with van der Waals surface area (Å²) >= 11 is 0. The summed E-state index contributed by atoms with van der Waals surface area (Å²) in [5.74, 6) is -0.117. The molecule has 0 aliphatic heterocycles. The third kappa shape index (κ3) is 4.44. The number of imidazole rings is 1. The summed E-state index contributed by atoms with van der Waals surface area (Å²) in [6.07, 6.45) is 2.28. The monoisotopic (exact) mass is 325 g/mol. The van der Waals surface area contributed by atoms with Crippen LogP contribution in [0.15, 0.2) is 11.4 Å². The second-order valence-electron chi connectivity index (χ2n) is 5.13. The first kappa shape index (κ1) is 16.9. The molecular weight excluding hydrogens is 306 g/mol. The Morgan fingerprint density at radius 3 is 2.30 bits per heavy atom. The minimum Gasteiger partial charge on any atom is -0.381 e. The van der Waals surface area contributed by atoms with Gasteiger partial charge >= 0.3 is 0 Å². The van der Waals surface area contributed by atoms with Crippen LogP contribution >= 0.6 is 0 Å². The van der Waals surface area contributed by atoms with Crippen molar-refractivity contribution < 1.29 is 16.8 Å². The predicted octanol–water partition coefficient (Wildman–Crippen LogP) is -1.39. The number of aryl methyl sites for hydroxylation is 1. The zero-order valence-electron chi connectivity index (χ0n) is 11.7. The number of anilines is 1. The lowest BCUT2D eigenvalue weighted by molar-refractivity contribution is 0.445. The third-order valence-electron chi connectivity index (χ3n) is 2.33. The number of aromatic nitrogens is 2. The summed E-state index contributed by atoms with van der Waals surface area (Å²) in [5.41, 5.74) is 4.53. The molecule has 1 aromatic rings. The largest absolute Gasteiger partial charge is 0.381 e. The van der Waals surface area contributed by atoms with Crippen molar-refractivity contribution in [3.63, 3.8) is 0 Å². The summed E-state index contributed by atoms with van der Waals surface area (Å²) in [7, 11) is -5.83. The standard InChI is InChI=1S/C9H19N5O4S2/c1-9(2,13-19(4,15)16)5-12-20(17,18)8-7(10)11-6-14(8)3/h6,12-13H,5,10H2,1-4H3. The van der Waals surface area contributed by atoms with E-state index in [1.54, 1.807) is 13.8 Å². The molecule has 0 unspecified atom stereocenters. The Morgan fingerprint density at radius 1 is 1.35 bits per heavy atom. The molecule has 0 atom stereocenters. The summed E-state index contributed by atoms with van der Waals surface area (Å²) in [4.78, 5) is 3.70. The van der Waals surface area contributed by atoms with E-state index in [-0.39, 0.29) is 17.4 Å². The SMILES string of the molecule is Cn1cnc(N)c1S(=O)(=O)NCC(C)(C)NS(C)(=O)=O. The average molecular weight is 325 g/mol. The Kier molecular flexibility index (Phi) is 4.49. The maximum Gasteiger partial charge on any atom is 0.260 e. The summed E-state index contributed by atoms with van der Waals surface area (Å²) in [6.45, 7) is 2.99. The highest BCUT2D eigenvalue weighted by molar-refractivity contribution is 7.89. The van der Waals surface area contributed by atoms with Gasteiger partial charge in [0.05, 0.1) is 12.6 Å². The lowest BCUT2D eigenvalue weighted by atomic mass is 10.1. The van der Waals surface area contributed by atoms with Crippen molar-refractivity contribution >= 4 is 25.9 Å². The fourth-order valence-electron chi connectivity index (χ4n) is 1.65. The number of nitrogens with two attached hydrogens (primary N) is 1. The number of nitrogens with one attached hydrogen (secondary N) is 2. The van der Waals surface area contributed by atoms with Crippen molar-refractivity contribution in [1.82, 2.24) is 19.0 Å². The molecule has 11 heteroatoms. The average Bonchev–Trinajstić information content (AvgIpc) is 2.53. The van der Waals surface area contributed by atoms with E-state index in [9.17, 15) is 16.8 Å². The highest BCUT2D eigenvalue weighted by Crippen LogP contribution is 2.15. The molecule has 1 rings (SSSR count). The smallest absolute Gasteiger partial charge is 0.260 e. The quantitative estimate of drug-likeness (QED) is 0.589. The number of rotatable bonds is 6. The van der Waals surface area contributed by atoms with Crippen molar-refractivity contribution in [3.05, 3.63) is 6.33 Å². The van der Waals surface area contributed by atoms with E-state index in [1.807, 2.05) is 0 Å². The van der Waals surface area contributed by atoms with Gasteiger partial charge in [-0.25, -0.2) is 31.3 Å². The molecule has 0 aromatic carbocycles. The van der Waals surface area contributed by atoms with Gasteiger partial charge in [0.1, 0.15) is 0 Å². The fraction of sp³-hybridized carbons (Fsp3) is 0.667. The Morgan fingerprint density at radius 2 is 1.90 bits per heavy atom. The van der Waals surface area contributed by atoms with Crippen molar-refractivity contribution in [3.8, 4) is 0 Å². The topological polar surface area (TPSA) is 136 Å². The van der Waals surface area contributed by atoms with E-state index in [4.69, 9.17) is 5.73 Å². The highest BCUT2D eigenvalue weighted by Gasteiger charge is 2.28. The van der Waals surface area contributed by atoms with E-state index in [0.29, 0.717) is 0 Å². The van der Waals surface area contributed by atoms with Crippen LogP contribution in [0.25, 0.3) is 0 Å². The normalized spacial score (nSPS) is 13.6. The van der Waals surface area contributed by atoms with Crippen molar-refractivity contribution in [2.75, 3.05) is 18.5 Å². The Hall–Kier alpha value is -1.17. The van der Waals surface area contributed by atoms with Gasteiger partial charge in [-0.15, -0.1) is 0 Å². The van der Waals surface area contributed by atoms with Crippen LogP contribution in [0.1, 0.15) is 13.8 Å². The van der Waals surface area contributed by atoms with Gasteiger partial charge in [-0.1, -0.05) is 0 Å². The molecule has 0 saturated heterocycles. The lowest BCUT2D eigenvalue weighted by Crippen LogP contribution is -2.51. The molecule has 0 saturated carbocycles. The Labute approximate surface area is 118 Å². The van der Waals surface area contributed by atoms with Crippen LogP contribution < -0.4 is 15.2 Å². The molecule has 0 aliphatic carbocycles. The number of hydrogen-bond donors (Lipinski definition) is 3. The third-order valence-corrected chi connectivity index (χ3v) is 4.78. The van der Waals surface area contributed by atoms with Gasteiger partial charge in [0.25, 0.3) is 10.0 Å². The van der Waals surface area contributed by atoms with Gasteiger partial charge in [0.15, 0.2) is 10.8 Å². The molecule has 4 N–H and O–H groups in total. The second kappa shape index (κ2) is 5.31. The van der Waals surface area contributed by atoms with Gasteiger partial charge < -0.3 is 10.3 Å². The van der Waals surface area contributed by atoms with E-state index in [0.717, 1.165) is 6.26 Å². The molecule has 1 aromatic heterocycles. The van der Waals surface area contributed by atoms with E-state index < -0.39 is 25.6 Å². The van der Waals surface area contributed by atoms with Crippen LogP contribution in [0, 0.1) is 0 Å². The molecule has 20 heavy (non-hydrogen) atoms. The molecule has 0 bridgehead atoms. The van der Waals surface area contributed by atoms with E-state index in [2.05, 4.69) is 14.4 Å². The lowest BCUT2D eigenvalue weighted by Gasteiger charge is -2.25. The van der Waals surface area contributed by atoms with Gasteiger partial charge in [-0.3, -0.25) is 0 Å². The maximum absolute atomic E-state index is 12.1. The van der Waals surface area contributed by atoms with Crippen LogP contribution in [0.3, 0.4) is 0 Å². The van der Waals surface area contributed by atoms with Crippen LogP contribution in [0.2, 0.25) is 0 Å². The molecule has 0 amide bonds. The van der Waals surface area contributed by atoms with Crippen molar-refractivity contribution in [2.45, 2.75) is 24.4 Å². The highest BCUT2D eigenvalue weighted by atomic mass is 32.2. The molecule has 116 valence electrons. The molecule has 1 heterocycles. The first-order chi connectivity index (χ1) is 8.84. The molecule has 0 aliphatic rings. The Bertz CT molecular complexity index is 670. The maximum atomic E-state index is 12.1. The van der Waals surface area contributed by atoms with Crippen LogP contribution in [0.5, 0.6) is 0 Å².